The van der Waals surface area contributed by atoms with E-state index < -0.39 is 60.2 Å². The lowest BCUT2D eigenvalue weighted by atomic mass is 9.70. The quantitative estimate of drug-likeness (QED) is 0.134. The van der Waals surface area contributed by atoms with E-state index >= 15 is 0 Å². The Morgan fingerprint density at radius 2 is 1.78 bits per heavy atom. The second-order valence-corrected chi connectivity index (χ2v) is 13.2. The largest absolute Gasteiger partial charge is 0.455 e. The molecule has 10 heteroatoms. The Morgan fingerprint density at radius 3 is 2.41 bits per heavy atom. The molecule has 262 valence electrons. The van der Waals surface area contributed by atoms with Crippen molar-refractivity contribution in [2.24, 2.45) is 11.8 Å². The van der Waals surface area contributed by atoms with Gasteiger partial charge in [0, 0.05) is 19.5 Å². The summed E-state index contributed by atoms with van der Waals surface area (Å²) < 4.78 is 12.8. The average molecular weight is 672 g/mol. The van der Waals surface area contributed by atoms with Crippen molar-refractivity contribution in [2.75, 3.05) is 26.2 Å². The minimum absolute atomic E-state index is 0.0514. The Morgan fingerprint density at radius 1 is 1.08 bits per heavy atom. The Bertz CT molecular complexity index is 1480. The molecule has 0 aliphatic carbocycles. The number of carbonyl (C=O) groups excluding carboxylic acids is 4. The van der Waals surface area contributed by atoms with Gasteiger partial charge in [-0.05, 0) is 36.8 Å². The molecule has 0 saturated carbocycles. The number of hydrogen-bond donors (Lipinski definition) is 2. The lowest BCUT2D eigenvalue weighted by Crippen LogP contribution is -2.57. The van der Waals surface area contributed by atoms with Crippen molar-refractivity contribution in [1.29, 1.82) is 0 Å². The lowest BCUT2D eigenvalue weighted by Gasteiger charge is -2.39. The molecule has 0 unspecified atom stereocenters. The summed E-state index contributed by atoms with van der Waals surface area (Å²) >= 11 is 0. The van der Waals surface area contributed by atoms with E-state index in [4.69, 9.17) is 9.47 Å². The van der Waals surface area contributed by atoms with E-state index in [1.54, 1.807) is 17.1 Å². The van der Waals surface area contributed by atoms with Crippen LogP contribution in [0, 0.1) is 11.8 Å². The summed E-state index contributed by atoms with van der Waals surface area (Å²) in [4.78, 5) is 59.4. The van der Waals surface area contributed by atoms with E-state index in [0.717, 1.165) is 19.3 Å². The zero-order valence-corrected chi connectivity index (χ0v) is 28.4. The van der Waals surface area contributed by atoms with Gasteiger partial charge >= 0.3 is 5.97 Å². The van der Waals surface area contributed by atoms with Gasteiger partial charge in [-0.1, -0.05) is 92.6 Å². The fourth-order valence-electron chi connectivity index (χ4n) is 7.82. The molecule has 2 N–H and O–H groups in total. The number of aliphatic hydroxyl groups is 1. The fourth-order valence-corrected chi connectivity index (χ4v) is 7.82. The van der Waals surface area contributed by atoms with E-state index in [-0.39, 0.29) is 24.8 Å². The molecule has 1 spiro atoms. The summed E-state index contributed by atoms with van der Waals surface area (Å²) in [5.41, 5.74) is 0.109. The van der Waals surface area contributed by atoms with Gasteiger partial charge in [0.2, 0.25) is 17.7 Å². The number of nitrogens with one attached hydrogen (secondary N) is 1. The van der Waals surface area contributed by atoms with Crippen molar-refractivity contribution in [2.45, 2.75) is 81.8 Å². The van der Waals surface area contributed by atoms with Crippen molar-refractivity contribution in [3.63, 3.8) is 0 Å². The number of esters is 1. The monoisotopic (exact) mass is 671 g/mol. The van der Waals surface area contributed by atoms with Crippen LogP contribution in [0.1, 0.15) is 75.1 Å². The van der Waals surface area contributed by atoms with Gasteiger partial charge in [0.25, 0.3) is 0 Å². The van der Waals surface area contributed by atoms with Crippen LogP contribution in [0.15, 0.2) is 86.0 Å². The number of benzene rings is 2. The molecule has 5 rings (SSSR count). The normalized spacial score (nSPS) is 24.9. The molecular formula is C39H49N3O7. The summed E-state index contributed by atoms with van der Waals surface area (Å²) in [5.74, 6) is -3.44. The van der Waals surface area contributed by atoms with Crippen molar-refractivity contribution in [3.05, 3.63) is 97.1 Å². The molecule has 3 saturated heterocycles. The number of aliphatic hydroxyl groups excluding tert-OH is 1. The molecule has 10 nitrogen and oxygen atoms in total. The van der Waals surface area contributed by atoms with Gasteiger partial charge in [0.15, 0.2) is 0 Å². The van der Waals surface area contributed by atoms with Crippen LogP contribution in [0.25, 0.3) is 0 Å². The summed E-state index contributed by atoms with van der Waals surface area (Å²) in [7, 11) is 0. The number of rotatable bonds is 18. The molecule has 3 aliphatic heterocycles. The molecule has 2 aromatic carbocycles. The predicted octanol–water partition coefficient (Wildman–Crippen LogP) is 4.67. The van der Waals surface area contributed by atoms with Gasteiger partial charge < -0.3 is 29.7 Å². The van der Waals surface area contributed by atoms with E-state index in [9.17, 15) is 24.3 Å². The molecular weight excluding hydrogens is 622 g/mol. The zero-order valence-electron chi connectivity index (χ0n) is 28.4. The molecule has 7 atom stereocenters. The third-order valence-corrected chi connectivity index (χ3v) is 10.1. The number of allylic oxidation sites excluding steroid dienone is 1. The van der Waals surface area contributed by atoms with Crippen molar-refractivity contribution >= 4 is 23.7 Å². The van der Waals surface area contributed by atoms with Gasteiger partial charge in [-0.2, -0.15) is 0 Å². The molecule has 0 aromatic heterocycles. The maximum atomic E-state index is 14.8. The standard InChI is InChI=1S/C39H49N3O7/c1-4-7-15-24-41(23-6-3)37(46)35-39-22-21-30(49-39)33(34(39)36(45)42(35)29(26-43)27-16-11-9-12-17-27)38(47)48-31(28-18-13-10-14-19-28)25-40-32(44)20-8-5-2/h5-6,9-14,16-19,29-31,33-35,43H,2-4,7-8,15,20-26H2,1H3,(H,40,44)/t29-,30+,31-,33-,34-,35+,39-/m1/s1. The number of fused-ring (bicyclic) bond motifs is 1. The van der Waals surface area contributed by atoms with Gasteiger partial charge in [-0.3, -0.25) is 19.2 Å². The van der Waals surface area contributed by atoms with E-state index in [2.05, 4.69) is 25.4 Å². The highest BCUT2D eigenvalue weighted by molar-refractivity contribution is 5.98. The lowest BCUT2D eigenvalue weighted by molar-refractivity contribution is -0.161. The highest BCUT2D eigenvalue weighted by Gasteiger charge is 2.75. The number of carbonyl (C=O) groups is 4. The maximum absolute atomic E-state index is 14.8. The second kappa shape index (κ2) is 16.4. The summed E-state index contributed by atoms with van der Waals surface area (Å²) in [6.45, 7) is 10.0. The van der Waals surface area contributed by atoms with Crippen LogP contribution in [0.3, 0.4) is 0 Å². The van der Waals surface area contributed by atoms with E-state index in [0.29, 0.717) is 43.5 Å². The predicted molar refractivity (Wildman–Crippen MR) is 185 cm³/mol. The number of unbranched alkanes of at least 4 members (excludes halogenated alkanes) is 2. The topological polar surface area (TPSA) is 125 Å². The number of hydrogen-bond acceptors (Lipinski definition) is 7. The number of ether oxygens (including phenoxy) is 2. The fraction of sp³-hybridized carbons (Fsp3) is 0.487. The van der Waals surface area contributed by atoms with Gasteiger partial charge in [0.05, 0.1) is 37.1 Å². The van der Waals surface area contributed by atoms with Crippen LogP contribution in [0.2, 0.25) is 0 Å². The highest BCUT2D eigenvalue weighted by atomic mass is 16.6. The first kappa shape index (κ1) is 36.0. The minimum Gasteiger partial charge on any atom is -0.455 e. The molecule has 2 bridgehead atoms. The second-order valence-electron chi connectivity index (χ2n) is 13.2. The van der Waals surface area contributed by atoms with Gasteiger partial charge in [-0.25, -0.2) is 0 Å². The third-order valence-electron chi connectivity index (χ3n) is 10.1. The van der Waals surface area contributed by atoms with Crippen LogP contribution in [0.5, 0.6) is 0 Å². The van der Waals surface area contributed by atoms with Crippen molar-refractivity contribution < 1.29 is 33.8 Å². The van der Waals surface area contributed by atoms with Crippen molar-refractivity contribution in [3.8, 4) is 0 Å². The summed E-state index contributed by atoms with van der Waals surface area (Å²) in [6, 6.07) is 16.4. The van der Waals surface area contributed by atoms with Crippen LogP contribution in [-0.4, -0.2) is 82.6 Å². The number of amides is 3. The number of likely N-dealkylation sites (tertiary alicyclic amines) is 1. The summed E-state index contributed by atoms with van der Waals surface area (Å²) in [5, 5.41) is 13.6. The van der Waals surface area contributed by atoms with Crippen LogP contribution < -0.4 is 5.32 Å². The van der Waals surface area contributed by atoms with Crippen LogP contribution in [0.4, 0.5) is 0 Å². The molecule has 2 aromatic rings. The van der Waals surface area contributed by atoms with Crippen LogP contribution >= 0.6 is 0 Å². The third kappa shape index (κ3) is 7.35. The first-order valence-electron chi connectivity index (χ1n) is 17.5. The van der Waals surface area contributed by atoms with Crippen LogP contribution in [-0.2, 0) is 28.7 Å². The molecule has 49 heavy (non-hydrogen) atoms. The minimum atomic E-state index is -1.27. The zero-order chi connectivity index (χ0) is 35.0. The first-order valence-corrected chi connectivity index (χ1v) is 17.5. The molecule has 3 aliphatic rings. The Labute approximate surface area is 289 Å². The first-order chi connectivity index (χ1) is 23.8. The average Bonchev–Trinajstić information content (AvgIpc) is 3.77. The van der Waals surface area contributed by atoms with Gasteiger partial charge in [-0.15, -0.1) is 13.2 Å². The molecule has 3 amide bonds. The molecule has 3 fully saturated rings. The molecule has 3 heterocycles. The smallest absolute Gasteiger partial charge is 0.313 e. The number of nitrogens with zero attached hydrogens (tertiary/aromatic N) is 2. The highest BCUT2D eigenvalue weighted by Crippen LogP contribution is 2.60. The Kier molecular flexibility index (Phi) is 12.1. The maximum Gasteiger partial charge on any atom is 0.313 e. The Balaban J connectivity index is 1.49. The molecule has 0 radical (unpaired) electrons. The SMILES string of the molecule is C=CCCC(=O)NC[C@@H](OC(=O)[C@@H]1[C@@H]2CC[C@]3(O2)[C@H](C(=O)N(CC=C)CCCCC)N([C@H](CO)c2ccccc2)C(=O)[C@@H]13)c1ccccc1. The van der Waals surface area contributed by atoms with Gasteiger partial charge in [0.1, 0.15) is 17.7 Å². The van der Waals surface area contributed by atoms with E-state index in [1.807, 2.05) is 60.7 Å². The van der Waals surface area contributed by atoms with Crippen molar-refractivity contribution in [1.82, 2.24) is 15.1 Å². The summed E-state index contributed by atoms with van der Waals surface area (Å²) in [6.07, 6.45) is 6.29. The van der Waals surface area contributed by atoms with E-state index in [1.165, 1.54) is 4.90 Å². The Hall–Kier alpha value is -4.28.